The second-order valence-electron chi connectivity index (χ2n) is 5.30. The van der Waals surface area contributed by atoms with Gasteiger partial charge < -0.3 is 10.2 Å². The van der Waals surface area contributed by atoms with E-state index in [0.29, 0.717) is 5.56 Å². The molecule has 1 aromatic carbocycles. The molecule has 5 heteroatoms. The number of benzene rings is 1. The van der Waals surface area contributed by atoms with Gasteiger partial charge in [0.1, 0.15) is 5.54 Å². The van der Waals surface area contributed by atoms with E-state index >= 15 is 0 Å². The van der Waals surface area contributed by atoms with Crippen molar-refractivity contribution in [3.05, 3.63) is 33.8 Å². The minimum Gasteiger partial charge on any atom is -0.347 e. The van der Waals surface area contributed by atoms with E-state index in [1.807, 2.05) is 13.0 Å². The van der Waals surface area contributed by atoms with Gasteiger partial charge in [-0.2, -0.15) is 0 Å². The monoisotopic (exact) mass is 326 g/mol. The number of rotatable bonds is 3. The van der Waals surface area contributed by atoms with Crippen LogP contribution in [0.5, 0.6) is 0 Å². The van der Waals surface area contributed by atoms with Gasteiger partial charge in [-0.25, -0.2) is 0 Å². The van der Waals surface area contributed by atoms with Crippen LogP contribution in [-0.2, 0) is 4.79 Å². The number of halogens is 1. The van der Waals surface area contributed by atoms with Gasteiger partial charge in [0.2, 0.25) is 5.91 Å². The SMILES string of the molecule is Cc1cc(Br)cc(C(=O)NC(C)(C)C(=O)N(C)C)c1. The minimum absolute atomic E-state index is 0.146. The molecule has 0 saturated carbocycles. The van der Waals surface area contributed by atoms with Crippen molar-refractivity contribution < 1.29 is 9.59 Å². The Morgan fingerprint density at radius 1 is 1.21 bits per heavy atom. The number of nitrogens with one attached hydrogen (secondary N) is 1. The lowest BCUT2D eigenvalue weighted by Crippen LogP contribution is -2.54. The van der Waals surface area contributed by atoms with E-state index in [2.05, 4.69) is 21.2 Å². The summed E-state index contributed by atoms with van der Waals surface area (Å²) >= 11 is 3.36. The molecule has 0 atom stereocenters. The van der Waals surface area contributed by atoms with E-state index in [9.17, 15) is 9.59 Å². The zero-order valence-electron chi connectivity index (χ0n) is 11.9. The molecule has 0 heterocycles. The normalized spacial score (nSPS) is 11.1. The van der Waals surface area contributed by atoms with E-state index in [-0.39, 0.29) is 11.8 Å². The maximum Gasteiger partial charge on any atom is 0.252 e. The average Bonchev–Trinajstić information content (AvgIpc) is 2.25. The quantitative estimate of drug-likeness (QED) is 0.926. The van der Waals surface area contributed by atoms with Crippen molar-refractivity contribution in [1.29, 1.82) is 0 Å². The molecule has 0 aliphatic rings. The smallest absolute Gasteiger partial charge is 0.252 e. The lowest BCUT2D eigenvalue weighted by molar-refractivity contribution is -0.134. The van der Waals surface area contributed by atoms with Crippen LogP contribution in [0.15, 0.2) is 22.7 Å². The van der Waals surface area contributed by atoms with E-state index in [1.54, 1.807) is 40.1 Å². The molecule has 4 nitrogen and oxygen atoms in total. The van der Waals surface area contributed by atoms with Crippen molar-refractivity contribution in [2.75, 3.05) is 14.1 Å². The summed E-state index contributed by atoms with van der Waals surface area (Å²) in [5.74, 6) is -0.405. The van der Waals surface area contributed by atoms with Gasteiger partial charge in [-0.05, 0) is 44.5 Å². The summed E-state index contributed by atoms with van der Waals surface area (Å²) in [6, 6.07) is 5.45. The number of nitrogens with zero attached hydrogens (tertiary/aromatic N) is 1. The second-order valence-corrected chi connectivity index (χ2v) is 6.21. The third-order valence-corrected chi connectivity index (χ3v) is 3.13. The van der Waals surface area contributed by atoms with Gasteiger partial charge in [0, 0.05) is 24.1 Å². The highest BCUT2D eigenvalue weighted by Gasteiger charge is 2.31. The molecule has 1 rings (SSSR count). The Balaban J connectivity index is 2.93. The van der Waals surface area contributed by atoms with E-state index in [1.165, 1.54) is 4.90 Å². The second kappa shape index (κ2) is 5.74. The molecule has 19 heavy (non-hydrogen) atoms. The number of hydrogen-bond donors (Lipinski definition) is 1. The molecule has 0 aliphatic carbocycles. The molecule has 0 aliphatic heterocycles. The summed E-state index contributed by atoms with van der Waals surface area (Å²) in [5.41, 5.74) is 0.583. The Bertz CT molecular complexity index is 490. The molecule has 1 N–H and O–H groups in total. The summed E-state index contributed by atoms with van der Waals surface area (Å²) in [6.45, 7) is 5.30. The molecule has 2 amide bonds. The van der Waals surface area contributed by atoms with Crippen LogP contribution in [-0.4, -0.2) is 36.3 Å². The highest BCUT2D eigenvalue weighted by molar-refractivity contribution is 9.10. The molecule has 1 aromatic rings. The fraction of sp³-hybridized carbons (Fsp3) is 0.429. The number of amides is 2. The maximum absolute atomic E-state index is 12.2. The highest BCUT2D eigenvalue weighted by Crippen LogP contribution is 2.16. The number of likely N-dealkylation sites (N-methyl/N-ethyl adjacent to an activating group) is 1. The summed E-state index contributed by atoms with van der Waals surface area (Å²) in [5, 5.41) is 2.76. The van der Waals surface area contributed by atoms with Crippen LogP contribution in [0, 0.1) is 6.92 Å². The van der Waals surface area contributed by atoms with Crippen molar-refractivity contribution in [3.8, 4) is 0 Å². The van der Waals surface area contributed by atoms with Gasteiger partial charge in [0.05, 0.1) is 0 Å². The van der Waals surface area contributed by atoms with Crippen LogP contribution in [0.4, 0.5) is 0 Å². The largest absolute Gasteiger partial charge is 0.347 e. The number of hydrogen-bond acceptors (Lipinski definition) is 2. The van der Waals surface area contributed by atoms with Crippen molar-refractivity contribution >= 4 is 27.7 Å². The minimum atomic E-state index is -0.934. The van der Waals surface area contributed by atoms with E-state index < -0.39 is 5.54 Å². The van der Waals surface area contributed by atoms with Crippen molar-refractivity contribution in [1.82, 2.24) is 10.2 Å². The van der Waals surface area contributed by atoms with Crippen molar-refractivity contribution in [3.63, 3.8) is 0 Å². The lowest BCUT2D eigenvalue weighted by atomic mass is 10.0. The molecular weight excluding hydrogens is 308 g/mol. The maximum atomic E-state index is 12.2. The van der Waals surface area contributed by atoms with Crippen molar-refractivity contribution in [2.45, 2.75) is 26.3 Å². The lowest BCUT2D eigenvalue weighted by Gasteiger charge is -2.28. The molecule has 104 valence electrons. The third-order valence-electron chi connectivity index (χ3n) is 2.67. The van der Waals surface area contributed by atoms with Crippen LogP contribution < -0.4 is 5.32 Å². The van der Waals surface area contributed by atoms with Crippen molar-refractivity contribution in [2.24, 2.45) is 0 Å². The molecule has 0 spiro atoms. The van der Waals surface area contributed by atoms with Gasteiger partial charge in [0.15, 0.2) is 0 Å². The zero-order chi connectivity index (χ0) is 14.8. The first kappa shape index (κ1) is 15.7. The topological polar surface area (TPSA) is 49.4 Å². The molecule has 0 fully saturated rings. The van der Waals surface area contributed by atoms with Crippen LogP contribution in [0.1, 0.15) is 29.8 Å². The fourth-order valence-electron chi connectivity index (χ4n) is 1.84. The number of aryl methyl sites for hydroxylation is 1. The molecular formula is C14H19BrN2O2. The zero-order valence-corrected chi connectivity index (χ0v) is 13.5. The summed E-state index contributed by atoms with van der Waals surface area (Å²) in [6.07, 6.45) is 0. The average molecular weight is 327 g/mol. The van der Waals surface area contributed by atoms with Gasteiger partial charge in [-0.1, -0.05) is 15.9 Å². The van der Waals surface area contributed by atoms with Gasteiger partial charge in [-0.15, -0.1) is 0 Å². The molecule has 0 aromatic heterocycles. The Labute approximate surface area is 122 Å². The number of carbonyl (C=O) groups is 2. The van der Waals surface area contributed by atoms with Crippen LogP contribution >= 0.6 is 15.9 Å². The summed E-state index contributed by atoms with van der Waals surface area (Å²) in [4.78, 5) is 25.6. The van der Waals surface area contributed by atoms with E-state index in [0.717, 1.165) is 10.0 Å². The summed E-state index contributed by atoms with van der Waals surface area (Å²) in [7, 11) is 3.33. The standard InChI is InChI=1S/C14H19BrN2O2/c1-9-6-10(8-11(15)7-9)12(18)16-14(2,3)13(19)17(4)5/h6-8H,1-5H3,(H,16,18). The Morgan fingerprint density at radius 3 is 2.26 bits per heavy atom. The Kier molecular flexibility index (Phi) is 4.74. The first-order valence-corrected chi connectivity index (χ1v) is 6.74. The highest BCUT2D eigenvalue weighted by atomic mass is 79.9. The van der Waals surface area contributed by atoms with Crippen LogP contribution in [0.3, 0.4) is 0 Å². The predicted molar refractivity (Wildman–Crippen MR) is 79.1 cm³/mol. The van der Waals surface area contributed by atoms with Gasteiger partial charge in [-0.3, -0.25) is 9.59 Å². The molecule has 0 saturated heterocycles. The van der Waals surface area contributed by atoms with Crippen LogP contribution in [0.25, 0.3) is 0 Å². The predicted octanol–water partition coefficient (Wildman–Crippen LogP) is 2.35. The first-order chi connectivity index (χ1) is 8.63. The third kappa shape index (κ3) is 4.06. The fourth-order valence-corrected chi connectivity index (χ4v) is 2.44. The Morgan fingerprint density at radius 2 is 1.79 bits per heavy atom. The Hall–Kier alpha value is -1.36. The molecule has 0 bridgehead atoms. The van der Waals surface area contributed by atoms with Crippen LogP contribution in [0.2, 0.25) is 0 Å². The van der Waals surface area contributed by atoms with Gasteiger partial charge in [0.25, 0.3) is 5.91 Å². The molecule has 0 unspecified atom stereocenters. The van der Waals surface area contributed by atoms with Gasteiger partial charge >= 0.3 is 0 Å². The first-order valence-electron chi connectivity index (χ1n) is 5.95. The number of carbonyl (C=O) groups excluding carboxylic acids is 2. The summed E-state index contributed by atoms with van der Waals surface area (Å²) < 4.78 is 0.842. The molecule has 0 radical (unpaired) electrons. The van der Waals surface area contributed by atoms with E-state index in [4.69, 9.17) is 0 Å².